The average molecular weight is 371 g/mol. The molecular formula is C20H25N3O4. The number of likely N-dealkylation sites (tertiary alicyclic amines) is 1. The van der Waals surface area contributed by atoms with Crippen LogP contribution in [0.4, 0.5) is 0 Å². The maximum absolute atomic E-state index is 12.4. The van der Waals surface area contributed by atoms with Gasteiger partial charge in [0, 0.05) is 25.2 Å². The van der Waals surface area contributed by atoms with Crippen molar-refractivity contribution in [2.75, 3.05) is 19.7 Å². The van der Waals surface area contributed by atoms with Crippen LogP contribution in [-0.4, -0.2) is 47.6 Å². The highest BCUT2D eigenvalue weighted by atomic mass is 16.5. The van der Waals surface area contributed by atoms with Crippen molar-refractivity contribution in [1.29, 1.82) is 0 Å². The third kappa shape index (κ3) is 4.87. The summed E-state index contributed by atoms with van der Waals surface area (Å²) < 4.78 is 10.6. The van der Waals surface area contributed by atoms with Crippen LogP contribution in [0, 0.1) is 20.8 Å². The third-order valence-electron chi connectivity index (χ3n) is 4.88. The zero-order chi connectivity index (χ0) is 19.4. The number of hydrogen-bond acceptors (Lipinski definition) is 5. The monoisotopic (exact) mass is 371 g/mol. The van der Waals surface area contributed by atoms with Crippen LogP contribution in [0.25, 0.3) is 0 Å². The molecule has 3 rings (SSSR count). The summed E-state index contributed by atoms with van der Waals surface area (Å²) in [6, 6.07) is 7.43. The Kier molecular flexibility index (Phi) is 5.78. The Morgan fingerprint density at radius 1 is 1.19 bits per heavy atom. The van der Waals surface area contributed by atoms with Crippen LogP contribution in [0.3, 0.4) is 0 Å². The Labute approximate surface area is 158 Å². The maximum Gasteiger partial charge on any atom is 0.290 e. The highest BCUT2D eigenvalue weighted by molar-refractivity contribution is 5.91. The van der Waals surface area contributed by atoms with E-state index in [0.717, 1.165) is 5.56 Å². The van der Waals surface area contributed by atoms with Crippen molar-refractivity contribution >= 4 is 11.8 Å². The number of carbonyl (C=O) groups excluding carboxylic acids is 2. The zero-order valence-corrected chi connectivity index (χ0v) is 15.9. The SMILES string of the molecule is Cc1cc(C(=O)NC2CCN(C(=O)COc3ccc(C)c(C)c3)CC2)on1. The van der Waals surface area contributed by atoms with Crippen LogP contribution in [-0.2, 0) is 4.79 Å². The van der Waals surface area contributed by atoms with Gasteiger partial charge in [-0.05, 0) is 56.9 Å². The summed E-state index contributed by atoms with van der Waals surface area (Å²) in [5.74, 6) is 0.617. The van der Waals surface area contributed by atoms with Crippen LogP contribution in [0.1, 0.15) is 40.2 Å². The van der Waals surface area contributed by atoms with E-state index >= 15 is 0 Å². The van der Waals surface area contributed by atoms with Gasteiger partial charge in [0.2, 0.25) is 5.76 Å². The predicted octanol–water partition coefficient (Wildman–Crippen LogP) is 2.40. The van der Waals surface area contributed by atoms with Crippen molar-refractivity contribution in [3.8, 4) is 5.75 Å². The molecule has 0 aliphatic carbocycles. The Morgan fingerprint density at radius 2 is 1.93 bits per heavy atom. The number of amides is 2. The Bertz CT molecular complexity index is 822. The summed E-state index contributed by atoms with van der Waals surface area (Å²) in [4.78, 5) is 26.3. The molecule has 0 bridgehead atoms. The number of aryl methyl sites for hydroxylation is 3. The lowest BCUT2D eigenvalue weighted by molar-refractivity contribution is -0.134. The van der Waals surface area contributed by atoms with Gasteiger partial charge in [-0.1, -0.05) is 11.2 Å². The zero-order valence-electron chi connectivity index (χ0n) is 15.9. The lowest BCUT2D eigenvalue weighted by atomic mass is 10.0. The summed E-state index contributed by atoms with van der Waals surface area (Å²) in [5, 5.41) is 6.65. The Morgan fingerprint density at radius 3 is 2.56 bits per heavy atom. The van der Waals surface area contributed by atoms with Gasteiger partial charge in [0.25, 0.3) is 11.8 Å². The molecule has 7 heteroatoms. The van der Waals surface area contributed by atoms with E-state index < -0.39 is 0 Å². The molecule has 1 aromatic carbocycles. The maximum atomic E-state index is 12.4. The summed E-state index contributed by atoms with van der Waals surface area (Å²) in [6.45, 7) is 7.03. The second kappa shape index (κ2) is 8.24. The second-order valence-corrected chi connectivity index (χ2v) is 7.00. The minimum atomic E-state index is -0.265. The van der Waals surface area contributed by atoms with Crippen molar-refractivity contribution in [1.82, 2.24) is 15.4 Å². The molecule has 1 aliphatic heterocycles. The van der Waals surface area contributed by atoms with Crippen LogP contribution in [0.2, 0.25) is 0 Å². The topological polar surface area (TPSA) is 84.7 Å². The van der Waals surface area contributed by atoms with E-state index in [9.17, 15) is 9.59 Å². The second-order valence-electron chi connectivity index (χ2n) is 7.00. The number of rotatable bonds is 5. The van der Waals surface area contributed by atoms with Gasteiger partial charge in [-0.2, -0.15) is 0 Å². The van der Waals surface area contributed by atoms with Crippen molar-refractivity contribution < 1.29 is 18.8 Å². The number of hydrogen-bond donors (Lipinski definition) is 1. The fourth-order valence-electron chi connectivity index (χ4n) is 3.04. The number of nitrogens with one attached hydrogen (secondary N) is 1. The van der Waals surface area contributed by atoms with Crippen molar-refractivity contribution in [3.05, 3.63) is 46.8 Å². The molecule has 0 radical (unpaired) electrons. The van der Waals surface area contributed by atoms with E-state index in [-0.39, 0.29) is 30.2 Å². The largest absolute Gasteiger partial charge is 0.484 e. The molecule has 27 heavy (non-hydrogen) atoms. The first-order valence-electron chi connectivity index (χ1n) is 9.14. The van der Waals surface area contributed by atoms with Gasteiger partial charge in [0.05, 0.1) is 5.69 Å². The molecular weight excluding hydrogens is 346 g/mol. The number of ether oxygens (including phenoxy) is 1. The average Bonchev–Trinajstić information content (AvgIpc) is 3.09. The minimum absolute atomic E-state index is 0.0209. The number of aromatic nitrogens is 1. The van der Waals surface area contributed by atoms with E-state index in [1.54, 1.807) is 17.9 Å². The molecule has 1 aliphatic rings. The third-order valence-corrected chi connectivity index (χ3v) is 4.88. The number of benzene rings is 1. The standard InChI is InChI=1S/C20H25N3O4/c1-13-4-5-17(10-14(13)2)26-12-19(24)23-8-6-16(7-9-23)21-20(25)18-11-15(3)22-27-18/h4-5,10-11,16H,6-9,12H2,1-3H3,(H,21,25). The molecule has 0 saturated carbocycles. The quantitative estimate of drug-likeness (QED) is 0.872. The smallest absolute Gasteiger partial charge is 0.290 e. The normalized spacial score (nSPS) is 14.9. The highest BCUT2D eigenvalue weighted by Crippen LogP contribution is 2.17. The van der Waals surface area contributed by atoms with Crippen LogP contribution < -0.4 is 10.1 Å². The van der Waals surface area contributed by atoms with Crippen LogP contribution in [0.15, 0.2) is 28.8 Å². The number of carbonyl (C=O) groups is 2. The number of nitrogens with zero attached hydrogens (tertiary/aromatic N) is 2. The van der Waals surface area contributed by atoms with E-state index in [4.69, 9.17) is 9.26 Å². The van der Waals surface area contributed by atoms with E-state index in [1.165, 1.54) is 5.56 Å². The molecule has 1 fully saturated rings. The van der Waals surface area contributed by atoms with Gasteiger partial charge < -0.3 is 19.5 Å². The first kappa shape index (κ1) is 18.9. The van der Waals surface area contributed by atoms with Gasteiger partial charge in [0.15, 0.2) is 6.61 Å². The molecule has 1 aromatic heterocycles. The van der Waals surface area contributed by atoms with Crippen LogP contribution in [0.5, 0.6) is 5.75 Å². The first-order valence-corrected chi connectivity index (χ1v) is 9.14. The highest BCUT2D eigenvalue weighted by Gasteiger charge is 2.25. The fraction of sp³-hybridized carbons (Fsp3) is 0.450. The van der Waals surface area contributed by atoms with Gasteiger partial charge in [-0.15, -0.1) is 0 Å². The molecule has 2 heterocycles. The Balaban J connectivity index is 1.43. The molecule has 0 spiro atoms. The summed E-state index contributed by atoms with van der Waals surface area (Å²) in [7, 11) is 0. The summed E-state index contributed by atoms with van der Waals surface area (Å²) in [6.07, 6.45) is 1.41. The molecule has 1 N–H and O–H groups in total. The molecule has 144 valence electrons. The van der Waals surface area contributed by atoms with E-state index in [2.05, 4.69) is 10.5 Å². The lowest BCUT2D eigenvalue weighted by Gasteiger charge is -2.32. The molecule has 2 aromatic rings. The van der Waals surface area contributed by atoms with E-state index in [0.29, 0.717) is 37.4 Å². The molecule has 7 nitrogen and oxygen atoms in total. The summed E-state index contributed by atoms with van der Waals surface area (Å²) in [5.41, 5.74) is 3.00. The summed E-state index contributed by atoms with van der Waals surface area (Å²) >= 11 is 0. The number of piperidine rings is 1. The molecule has 1 saturated heterocycles. The molecule has 0 atom stereocenters. The first-order chi connectivity index (χ1) is 12.9. The lowest BCUT2D eigenvalue weighted by Crippen LogP contribution is -2.47. The van der Waals surface area contributed by atoms with E-state index in [1.807, 2.05) is 32.0 Å². The van der Waals surface area contributed by atoms with Gasteiger partial charge in [0.1, 0.15) is 5.75 Å². The van der Waals surface area contributed by atoms with Gasteiger partial charge in [-0.3, -0.25) is 9.59 Å². The molecule has 2 amide bonds. The van der Waals surface area contributed by atoms with Crippen molar-refractivity contribution in [2.45, 2.75) is 39.7 Å². The predicted molar refractivity (Wildman–Crippen MR) is 99.7 cm³/mol. The van der Waals surface area contributed by atoms with Crippen molar-refractivity contribution in [2.24, 2.45) is 0 Å². The minimum Gasteiger partial charge on any atom is -0.484 e. The molecule has 0 unspecified atom stereocenters. The fourth-order valence-corrected chi connectivity index (χ4v) is 3.04. The van der Waals surface area contributed by atoms with Gasteiger partial charge >= 0.3 is 0 Å². The Hall–Kier alpha value is -2.83. The van der Waals surface area contributed by atoms with Crippen molar-refractivity contribution in [3.63, 3.8) is 0 Å². The van der Waals surface area contributed by atoms with Gasteiger partial charge in [-0.25, -0.2) is 0 Å². The van der Waals surface area contributed by atoms with Crippen LogP contribution >= 0.6 is 0 Å².